The zero-order chi connectivity index (χ0) is 12.0. The van der Waals surface area contributed by atoms with E-state index in [1.54, 1.807) is 24.2 Å². The van der Waals surface area contributed by atoms with Gasteiger partial charge in [-0.3, -0.25) is 5.41 Å². The molecule has 1 aromatic heterocycles. The summed E-state index contributed by atoms with van der Waals surface area (Å²) in [4.78, 5) is 8.27. The molecule has 0 bridgehead atoms. The third-order valence-corrected chi connectivity index (χ3v) is 3.41. The van der Waals surface area contributed by atoms with Crippen LogP contribution >= 0.6 is 11.8 Å². The van der Waals surface area contributed by atoms with Gasteiger partial charge in [-0.15, -0.1) is 0 Å². The van der Waals surface area contributed by atoms with Crippen LogP contribution in [-0.2, 0) is 0 Å². The number of nitrogens with two attached hydrogens (primary N) is 1. The first kappa shape index (κ1) is 13.0. The predicted molar refractivity (Wildman–Crippen MR) is 67.7 cm³/mol. The monoisotopic (exact) mass is 238 g/mol. The summed E-state index contributed by atoms with van der Waals surface area (Å²) in [5.41, 5.74) is 5.32. The first-order chi connectivity index (χ1) is 7.52. The van der Waals surface area contributed by atoms with Crippen molar-refractivity contribution >= 4 is 17.6 Å². The van der Waals surface area contributed by atoms with Gasteiger partial charge in [0.05, 0.1) is 5.84 Å². The fourth-order valence-corrected chi connectivity index (χ4v) is 1.91. The average Bonchev–Trinajstić information content (AvgIpc) is 2.26. The Balaban J connectivity index is 2.25. The van der Waals surface area contributed by atoms with E-state index in [0.717, 1.165) is 23.8 Å². The van der Waals surface area contributed by atoms with E-state index in [4.69, 9.17) is 11.1 Å². The smallest absolute Gasteiger partial charge is 0.187 e. The van der Waals surface area contributed by atoms with Crippen molar-refractivity contribution in [1.29, 1.82) is 5.41 Å². The molecular formula is C11H18N4S. The second kappa shape index (κ2) is 5.84. The first-order valence-electron chi connectivity index (χ1n) is 5.27. The SMILES string of the molecule is CC(C)(CCCSc1ncccn1)C(=N)N. The van der Waals surface area contributed by atoms with E-state index < -0.39 is 0 Å². The molecule has 88 valence electrons. The van der Waals surface area contributed by atoms with Gasteiger partial charge in [-0.05, 0) is 18.9 Å². The number of hydrogen-bond donors (Lipinski definition) is 2. The van der Waals surface area contributed by atoms with Gasteiger partial charge in [0.15, 0.2) is 5.16 Å². The maximum absolute atomic E-state index is 7.44. The third-order valence-electron chi connectivity index (χ3n) is 2.45. The van der Waals surface area contributed by atoms with Gasteiger partial charge < -0.3 is 5.73 Å². The van der Waals surface area contributed by atoms with Crippen molar-refractivity contribution in [1.82, 2.24) is 9.97 Å². The summed E-state index contributed by atoms with van der Waals surface area (Å²) in [5, 5.41) is 8.25. The molecule has 0 saturated carbocycles. The molecule has 5 heteroatoms. The molecule has 0 aromatic carbocycles. The van der Waals surface area contributed by atoms with Crippen LogP contribution in [0.2, 0.25) is 0 Å². The van der Waals surface area contributed by atoms with Crippen molar-refractivity contribution in [3.8, 4) is 0 Å². The molecule has 0 aliphatic rings. The molecule has 1 aromatic rings. The van der Waals surface area contributed by atoms with Crippen LogP contribution in [-0.4, -0.2) is 21.6 Å². The summed E-state index contributed by atoms with van der Waals surface area (Å²) in [6.07, 6.45) is 5.42. The molecule has 0 fully saturated rings. The normalized spacial score (nSPS) is 11.4. The Labute approximate surface area is 101 Å². The van der Waals surface area contributed by atoms with Crippen LogP contribution < -0.4 is 5.73 Å². The Hall–Kier alpha value is -1.10. The summed E-state index contributed by atoms with van der Waals surface area (Å²) in [7, 11) is 0. The van der Waals surface area contributed by atoms with Gasteiger partial charge >= 0.3 is 0 Å². The first-order valence-corrected chi connectivity index (χ1v) is 6.25. The van der Waals surface area contributed by atoms with Gasteiger partial charge in [-0.2, -0.15) is 0 Å². The van der Waals surface area contributed by atoms with E-state index in [-0.39, 0.29) is 11.3 Å². The standard InChI is InChI=1S/C11H18N4S/c1-11(2,9(12)13)5-3-8-16-10-14-6-4-7-15-10/h4,6-7H,3,5,8H2,1-2H3,(H3,12,13). The van der Waals surface area contributed by atoms with Crippen LogP contribution in [0.3, 0.4) is 0 Å². The van der Waals surface area contributed by atoms with Crippen LogP contribution in [0.1, 0.15) is 26.7 Å². The molecule has 1 rings (SSSR count). The molecule has 0 amide bonds. The zero-order valence-electron chi connectivity index (χ0n) is 9.73. The summed E-state index contributed by atoms with van der Waals surface area (Å²) >= 11 is 1.64. The second-order valence-corrected chi connectivity index (χ2v) is 5.34. The lowest BCUT2D eigenvalue weighted by atomic mass is 9.87. The van der Waals surface area contributed by atoms with Crippen molar-refractivity contribution in [2.45, 2.75) is 31.8 Å². The molecule has 1 heterocycles. The van der Waals surface area contributed by atoms with Crippen molar-refractivity contribution in [3.63, 3.8) is 0 Å². The number of nitrogens with zero attached hydrogens (tertiary/aromatic N) is 2. The minimum absolute atomic E-state index is 0.196. The fourth-order valence-electron chi connectivity index (χ4n) is 1.17. The predicted octanol–water partition coefficient (Wildman–Crippen LogP) is 2.31. The highest BCUT2D eigenvalue weighted by atomic mass is 32.2. The fraction of sp³-hybridized carbons (Fsp3) is 0.545. The van der Waals surface area contributed by atoms with Crippen LogP contribution in [0, 0.1) is 10.8 Å². The van der Waals surface area contributed by atoms with Gasteiger partial charge in [0.1, 0.15) is 0 Å². The van der Waals surface area contributed by atoms with E-state index >= 15 is 0 Å². The number of aromatic nitrogens is 2. The quantitative estimate of drug-likeness (QED) is 0.262. The summed E-state index contributed by atoms with van der Waals surface area (Å²) in [6.45, 7) is 4.00. The van der Waals surface area contributed by atoms with E-state index in [2.05, 4.69) is 9.97 Å². The van der Waals surface area contributed by atoms with E-state index in [1.807, 2.05) is 19.9 Å². The Kier molecular flexibility index (Phi) is 4.73. The van der Waals surface area contributed by atoms with Crippen molar-refractivity contribution in [3.05, 3.63) is 18.5 Å². The van der Waals surface area contributed by atoms with Crippen molar-refractivity contribution in [2.24, 2.45) is 11.1 Å². The van der Waals surface area contributed by atoms with Crippen molar-refractivity contribution in [2.75, 3.05) is 5.75 Å². The van der Waals surface area contributed by atoms with Crippen molar-refractivity contribution < 1.29 is 0 Å². The molecule has 0 atom stereocenters. The Morgan fingerprint density at radius 2 is 2.06 bits per heavy atom. The highest BCUT2D eigenvalue weighted by Gasteiger charge is 2.20. The lowest BCUT2D eigenvalue weighted by molar-refractivity contribution is 0.464. The largest absolute Gasteiger partial charge is 0.387 e. The molecule has 0 unspecified atom stereocenters. The lowest BCUT2D eigenvalue weighted by Gasteiger charge is -2.22. The minimum Gasteiger partial charge on any atom is -0.387 e. The maximum atomic E-state index is 7.44. The Morgan fingerprint density at radius 1 is 1.44 bits per heavy atom. The number of rotatable bonds is 6. The summed E-state index contributed by atoms with van der Waals surface area (Å²) in [6, 6.07) is 1.81. The van der Waals surface area contributed by atoms with Crippen LogP contribution in [0.25, 0.3) is 0 Å². The number of hydrogen-bond acceptors (Lipinski definition) is 4. The van der Waals surface area contributed by atoms with Crippen LogP contribution in [0.5, 0.6) is 0 Å². The van der Waals surface area contributed by atoms with Crippen LogP contribution in [0.15, 0.2) is 23.6 Å². The van der Waals surface area contributed by atoms with Gasteiger partial charge in [-0.25, -0.2) is 9.97 Å². The minimum atomic E-state index is -0.196. The Morgan fingerprint density at radius 3 is 2.62 bits per heavy atom. The summed E-state index contributed by atoms with van der Waals surface area (Å²) < 4.78 is 0. The number of nitrogens with one attached hydrogen (secondary N) is 1. The van der Waals surface area contributed by atoms with Gasteiger partial charge in [-0.1, -0.05) is 25.6 Å². The van der Waals surface area contributed by atoms with Gasteiger partial charge in [0, 0.05) is 23.6 Å². The maximum Gasteiger partial charge on any atom is 0.187 e. The molecule has 0 aliphatic carbocycles. The van der Waals surface area contributed by atoms with E-state index in [0.29, 0.717) is 0 Å². The average molecular weight is 238 g/mol. The summed E-state index contributed by atoms with van der Waals surface area (Å²) in [5.74, 6) is 1.22. The molecular weight excluding hydrogens is 220 g/mol. The topological polar surface area (TPSA) is 75.7 Å². The second-order valence-electron chi connectivity index (χ2n) is 4.28. The van der Waals surface area contributed by atoms with Gasteiger partial charge in [0.25, 0.3) is 0 Å². The third kappa shape index (κ3) is 4.18. The zero-order valence-corrected chi connectivity index (χ0v) is 10.5. The highest BCUT2D eigenvalue weighted by Crippen LogP contribution is 2.24. The molecule has 0 radical (unpaired) electrons. The molecule has 0 saturated heterocycles. The molecule has 0 spiro atoms. The molecule has 3 N–H and O–H groups in total. The molecule has 16 heavy (non-hydrogen) atoms. The number of thioether (sulfide) groups is 1. The highest BCUT2D eigenvalue weighted by molar-refractivity contribution is 7.99. The Bertz CT molecular complexity index is 337. The van der Waals surface area contributed by atoms with E-state index in [9.17, 15) is 0 Å². The van der Waals surface area contributed by atoms with E-state index in [1.165, 1.54) is 0 Å². The van der Waals surface area contributed by atoms with Gasteiger partial charge in [0.2, 0.25) is 0 Å². The number of amidine groups is 1. The molecule has 4 nitrogen and oxygen atoms in total. The molecule has 0 aliphatic heterocycles. The van der Waals surface area contributed by atoms with Crippen LogP contribution in [0.4, 0.5) is 0 Å². The lowest BCUT2D eigenvalue weighted by Crippen LogP contribution is -2.30.